The second-order valence-corrected chi connectivity index (χ2v) is 6.07. The Morgan fingerprint density at radius 3 is 3.05 bits per heavy atom. The van der Waals surface area contributed by atoms with Crippen LogP contribution in [-0.2, 0) is 0 Å². The zero-order valence-electron chi connectivity index (χ0n) is 10.6. The van der Waals surface area contributed by atoms with Crippen LogP contribution in [0.3, 0.4) is 0 Å². The standard InChI is InChI=1S/C14H15BrN2OS/c1-2-3-4-7-17-14(18)13-12(16)10-6-5-9(15)8-11(10)19-13/h2-3,5-6,8H,4,7,16H2,1H3,(H,17,18)/b3-2+. The maximum absolute atomic E-state index is 12.1. The summed E-state index contributed by atoms with van der Waals surface area (Å²) < 4.78 is 2.01. The van der Waals surface area contributed by atoms with Crippen LogP contribution in [0.1, 0.15) is 23.0 Å². The van der Waals surface area contributed by atoms with E-state index < -0.39 is 0 Å². The SMILES string of the molecule is C/C=C/CCNC(=O)c1sc2cc(Br)ccc2c1N. The lowest BCUT2D eigenvalue weighted by atomic mass is 10.2. The smallest absolute Gasteiger partial charge is 0.263 e. The van der Waals surface area contributed by atoms with E-state index in [1.807, 2.05) is 37.3 Å². The van der Waals surface area contributed by atoms with Gasteiger partial charge in [0.15, 0.2) is 0 Å². The van der Waals surface area contributed by atoms with Gasteiger partial charge in [0.1, 0.15) is 4.88 Å². The maximum Gasteiger partial charge on any atom is 0.263 e. The van der Waals surface area contributed by atoms with E-state index >= 15 is 0 Å². The number of halogens is 1. The van der Waals surface area contributed by atoms with Crippen LogP contribution >= 0.6 is 27.3 Å². The van der Waals surface area contributed by atoms with Gasteiger partial charge in [-0.05, 0) is 25.5 Å². The molecule has 0 radical (unpaired) electrons. The summed E-state index contributed by atoms with van der Waals surface area (Å²) in [5, 5.41) is 3.82. The topological polar surface area (TPSA) is 55.1 Å². The fraction of sp³-hybridized carbons (Fsp3) is 0.214. The minimum atomic E-state index is -0.0978. The van der Waals surface area contributed by atoms with E-state index in [2.05, 4.69) is 21.2 Å². The molecule has 0 saturated heterocycles. The first kappa shape index (κ1) is 14.1. The van der Waals surface area contributed by atoms with Gasteiger partial charge in [0, 0.05) is 21.1 Å². The van der Waals surface area contributed by atoms with E-state index in [1.165, 1.54) is 11.3 Å². The predicted molar refractivity (Wildman–Crippen MR) is 85.7 cm³/mol. The molecule has 0 bridgehead atoms. The summed E-state index contributed by atoms with van der Waals surface area (Å²) in [4.78, 5) is 12.7. The van der Waals surface area contributed by atoms with Crippen LogP contribution < -0.4 is 11.1 Å². The van der Waals surface area contributed by atoms with Crippen molar-refractivity contribution in [3.63, 3.8) is 0 Å². The molecule has 0 aliphatic rings. The first-order chi connectivity index (χ1) is 9.13. The molecule has 2 aromatic rings. The molecule has 0 spiro atoms. The van der Waals surface area contributed by atoms with Gasteiger partial charge in [-0.2, -0.15) is 0 Å². The fourth-order valence-corrected chi connectivity index (χ4v) is 3.37. The highest BCUT2D eigenvalue weighted by Crippen LogP contribution is 2.35. The Balaban J connectivity index is 2.20. The number of carbonyl (C=O) groups is 1. The number of anilines is 1. The number of amides is 1. The molecule has 2 rings (SSSR count). The van der Waals surface area contributed by atoms with Crippen molar-refractivity contribution in [2.75, 3.05) is 12.3 Å². The van der Waals surface area contributed by atoms with E-state index in [-0.39, 0.29) is 5.91 Å². The van der Waals surface area contributed by atoms with Crippen molar-refractivity contribution in [2.24, 2.45) is 0 Å². The lowest BCUT2D eigenvalue weighted by molar-refractivity contribution is 0.0959. The van der Waals surface area contributed by atoms with Crippen molar-refractivity contribution in [3.8, 4) is 0 Å². The highest BCUT2D eigenvalue weighted by molar-refractivity contribution is 9.10. The lowest BCUT2D eigenvalue weighted by Gasteiger charge is -2.01. The molecule has 0 unspecified atom stereocenters. The van der Waals surface area contributed by atoms with E-state index in [0.29, 0.717) is 17.1 Å². The summed E-state index contributed by atoms with van der Waals surface area (Å²) in [6.07, 6.45) is 4.82. The summed E-state index contributed by atoms with van der Waals surface area (Å²) in [5.41, 5.74) is 6.61. The summed E-state index contributed by atoms with van der Waals surface area (Å²) in [7, 11) is 0. The Labute approximate surface area is 124 Å². The summed E-state index contributed by atoms with van der Waals surface area (Å²) in [6, 6.07) is 5.84. The molecule has 0 saturated carbocycles. The number of carbonyl (C=O) groups excluding carboxylic acids is 1. The first-order valence-electron chi connectivity index (χ1n) is 6.00. The monoisotopic (exact) mass is 338 g/mol. The van der Waals surface area contributed by atoms with Crippen molar-refractivity contribution in [3.05, 3.63) is 39.7 Å². The van der Waals surface area contributed by atoms with Crippen LogP contribution in [0, 0.1) is 0 Å². The van der Waals surface area contributed by atoms with Gasteiger partial charge in [-0.25, -0.2) is 0 Å². The number of nitrogens with two attached hydrogens (primary N) is 1. The fourth-order valence-electron chi connectivity index (χ4n) is 1.78. The van der Waals surface area contributed by atoms with Crippen molar-refractivity contribution in [2.45, 2.75) is 13.3 Å². The maximum atomic E-state index is 12.1. The molecule has 0 aliphatic heterocycles. The molecule has 1 aromatic carbocycles. The van der Waals surface area contributed by atoms with Gasteiger partial charge >= 0.3 is 0 Å². The molecule has 5 heteroatoms. The zero-order chi connectivity index (χ0) is 13.8. The number of nitrogens with one attached hydrogen (secondary N) is 1. The van der Waals surface area contributed by atoms with Crippen LogP contribution in [0.4, 0.5) is 5.69 Å². The Hall–Kier alpha value is -1.33. The van der Waals surface area contributed by atoms with Crippen LogP contribution in [0.5, 0.6) is 0 Å². The van der Waals surface area contributed by atoms with Crippen molar-refractivity contribution < 1.29 is 4.79 Å². The van der Waals surface area contributed by atoms with E-state index in [9.17, 15) is 4.79 Å². The molecule has 100 valence electrons. The third kappa shape index (κ3) is 3.16. The van der Waals surface area contributed by atoms with Gasteiger partial charge in [0.25, 0.3) is 5.91 Å². The Kier molecular flexibility index (Phi) is 4.61. The van der Waals surface area contributed by atoms with Gasteiger partial charge in [0.2, 0.25) is 0 Å². The van der Waals surface area contributed by atoms with E-state index in [4.69, 9.17) is 5.73 Å². The van der Waals surface area contributed by atoms with Crippen LogP contribution in [0.15, 0.2) is 34.8 Å². The molecule has 0 aliphatic carbocycles. The number of benzene rings is 1. The highest BCUT2D eigenvalue weighted by atomic mass is 79.9. The molecule has 3 N–H and O–H groups in total. The minimum absolute atomic E-state index is 0.0978. The first-order valence-corrected chi connectivity index (χ1v) is 7.61. The van der Waals surface area contributed by atoms with Gasteiger partial charge in [-0.15, -0.1) is 11.3 Å². The molecule has 1 aromatic heterocycles. The normalized spacial score (nSPS) is 11.3. The third-order valence-corrected chi connectivity index (χ3v) is 4.39. The van der Waals surface area contributed by atoms with Crippen molar-refractivity contribution in [1.82, 2.24) is 5.32 Å². The molecule has 19 heavy (non-hydrogen) atoms. The summed E-state index contributed by atoms with van der Waals surface area (Å²) >= 11 is 4.85. The van der Waals surface area contributed by atoms with Crippen molar-refractivity contribution in [1.29, 1.82) is 0 Å². The number of allylic oxidation sites excluding steroid dienone is 1. The van der Waals surface area contributed by atoms with E-state index in [1.54, 1.807) is 0 Å². The number of fused-ring (bicyclic) bond motifs is 1. The zero-order valence-corrected chi connectivity index (χ0v) is 13.0. The molecule has 0 atom stereocenters. The van der Waals surface area contributed by atoms with Gasteiger partial charge < -0.3 is 11.1 Å². The quantitative estimate of drug-likeness (QED) is 0.655. The van der Waals surface area contributed by atoms with Crippen LogP contribution in [-0.4, -0.2) is 12.5 Å². The number of rotatable bonds is 4. The molecule has 0 fully saturated rings. The molecule has 3 nitrogen and oxygen atoms in total. The minimum Gasteiger partial charge on any atom is -0.397 e. The Morgan fingerprint density at radius 1 is 1.53 bits per heavy atom. The molecular formula is C14H15BrN2OS. The number of hydrogen-bond donors (Lipinski definition) is 2. The second-order valence-electron chi connectivity index (χ2n) is 4.10. The van der Waals surface area contributed by atoms with Gasteiger partial charge in [-0.3, -0.25) is 4.79 Å². The molecule has 1 heterocycles. The van der Waals surface area contributed by atoms with Crippen LogP contribution in [0.2, 0.25) is 0 Å². The number of thiophene rings is 1. The van der Waals surface area contributed by atoms with Gasteiger partial charge in [-0.1, -0.05) is 34.1 Å². The average Bonchev–Trinajstić information content (AvgIpc) is 2.71. The average molecular weight is 339 g/mol. The highest BCUT2D eigenvalue weighted by Gasteiger charge is 2.15. The lowest BCUT2D eigenvalue weighted by Crippen LogP contribution is -2.23. The molecule has 1 amide bonds. The van der Waals surface area contributed by atoms with E-state index in [0.717, 1.165) is 21.0 Å². The summed E-state index contributed by atoms with van der Waals surface area (Å²) in [5.74, 6) is -0.0978. The molecular weight excluding hydrogens is 324 g/mol. The summed E-state index contributed by atoms with van der Waals surface area (Å²) in [6.45, 7) is 2.59. The number of nitrogen functional groups attached to an aromatic ring is 1. The third-order valence-electron chi connectivity index (χ3n) is 2.73. The van der Waals surface area contributed by atoms with Gasteiger partial charge in [0.05, 0.1) is 5.69 Å². The predicted octanol–water partition coefficient (Wildman–Crippen LogP) is 3.94. The number of hydrogen-bond acceptors (Lipinski definition) is 3. The second kappa shape index (κ2) is 6.21. The van der Waals surface area contributed by atoms with Crippen LogP contribution in [0.25, 0.3) is 10.1 Å². The largest absolute Gasteiger partial charge is 0.397 e. The van der Waals surface area contributed by atoms with Crippen molar-refractivity contribution >= 4 is 48.9 Å². The Bertz CT molecular complexity index is 634. The Morgan fingerprint density at radius 2 is 2.32 bits per heavy atom.